The summed E-state index contributed by atoms with van der Waals surface area (Å²) in [5.74, 6) is -0.545. The Morgan fingerprint density at radius 2 is 2.14 bits per heavy atom. The monoisotopic (exact) mass is 424 g/mol. The average Bonchev–Trinajstić information content (AvgIpc) is 2.99. The molecule has 0 unspecified atom stereocenters. The molecule has 0 saturated carbocycles. The molecule has 28 heavy (non-hydrogen) atoms. The topological polar surface area (TPSA) is 87.9 Å². The number of aromatic nitrogens is 2. The summed E-state index contributed by atoms with van der Waals surface area (Å²) in [5.41, 5.74) is 2.32. The molecule has 0 bridgehead atoms. The van der Waals surface area contributed by atoms with Gasteiger partial charge in [0.1, 0.15) is 11.8 Å². The van der Waals surface area contributed by atoms with E-state index in [1.807, 2.05) is 0 Å². The van der Waals surface area contributed by atoms with E-state index in [1.165, 1.54) is 7.05 Å². The maximum absolute atomic E-state index is 12.9. The number of rotatable bonds is 2. The van der Waals surface area contributed by atoms with Crippen molar-refractivity contribution in [3.63, 3.8) is 0 Å². The number of benzene rings is 1. The van der Waals surface area contributed by atoms with E-state index in [9.17, 15) is 14.7 Å². The molecule has 8 nitrogen and oxygen atoms in total. The minimum atomic E-state index is -0.564. The second kappa shape index (κ2) is 7.36. The molecule has 3 heterocycles. The number of hydrogen-bond donors (Lipinski definition) is 1. The lowest BCUT2D eigenvalue weighted by molar-refractivity contribution is -0.159. The minimum absolute atomic E-state index is 0.192. The largest absolute Gasteiger partial charge is 0.393 e. The van der Waals surface area contributed by atoms with Gasteiger partial charge in [-0.1, -0.05) is 23.2 Å². The van der Waals surface area contributed by atoms with Gasteiger partial charge in [-0.15, -0.1) is 0 Å². The molecule has 0 spiro atoms. The van der Waals surface area contributed by atoms with Crippen LogP contribution >= 0.6 is 23.2 Å². The highest BCUT2D eigenvalue weighted by Gasteiger charge is 2.35. The molecule has 1 aromatic carbocycles. The van der Waals surface area contributed by atoms with Crippen molar-refractivity contribution in [1.29, 1.82) is 0 Å². The molecular formula is C18H18Cl2N4O4. The Hall–Kier alpha value is -2.13. The summed E-state index contributed by atoms with van der Waals surface area (Å²) in [4.78, 5) is 32.8. The first-order valence-corrected chi connectivity index (χ1v) is 9.53. The molecular weight excluding hydrogens is 407 g/mol. The zero-order chi connectivity index (χ0) is 20.0. The fraction of sp³-hybridized carbons (Fsp3) is 0.389. The van der Waals surface area contributed by atoms with Crippen molar-refractivity contribution in [2.75, 3.05) is 20.2 Å². The molecule has 1 N–H and O–H groups in total. The van der Waals surface area contributed by atoms with Crippen molar-refractivity contribution in [1.82, 2.24) is 19.7 Å². The van der Waals surface area contributed by atoms with Crippen LogP contribution in [0.15, 0.2) is 18.2 Å². The van der Waals surface area contributed by atoms with Gasteiger partial charge in [0.25, 0.3) is 11.8 Å². The van der Waals surface area contributed by atoms with Gasteiger partial charge in [-0.3, -0.25) is 19.1 Å². The molecule has 0 saturated heterocycles. The number of aliphatic hydroxyl groups is 1. The number of amides is 2. The number of carbonyl (C=O) groups is 2. The number of nitrogens with zero attached hydrogens (tertiary/aromatic N) is 4. The van der Waals surface area contributed by atoms with Crippen molar-refractivity contribution in [2.45, 2.75) is 25.6 Å². The Morgan fingerprint density at radius 1 is 1.36 bits per heavy atom. The van der Waals surface area contributed by atoms with E-state index in [2.05, 4.69) is 5.10 Å². The van der Waals surface area contributed by atoms with Crippen molar-refractivity contribution in [3.05, 3.63) is 50.8 Å². The van der Waals surface area contributed by atoms with E-state index in [-0.39, 0.29) is 31.5 Å². The van der Waals surface area contributed by atoms with Gasteiger partial charge in [-0.25, -0.2) is 5.06 Å². The van der Waals surface area contributed by atoms with Gasteiger partial charge in [0.2, 0.25) is 0 Å². The van der Waals surface area contributed by atoms with Crippen molar-refractivity contribution >= 4 is 35.0 Å². The second-order valence-corrected chi connectivity index (χ2v) is 7.59. The van der Waals surface area contributed by atoms with Crippen LogP contribution in [0, 0.1) is 0 Å². The van der Waals surface area contributed by atoms with Crippen LogP contribution in [0.2, 0.25) is 10.0 Å². The molecule has 2 aromatic rings. The van der Waals surface area contributed by atoms with E-state index < -0.39 is 6.10 Å². The lowest BCUT2D eigenvalue weighted by Gasteiger charge is -2.27. The zero-order valence-corrected chi connectivity index (χ0v) is 16.6. The molecule has 0 aliphatic carbocycles. The first-order valence-electron chi connectivity index (χ1n) is 8.77. The Bertz CT molecular complexity index is 961. The first-order chi connectivity index (χ1) is 13.4. The predicted octanol–water partition coefficient (Wildman–Crippen LogP) is 1.77. The molecule has 10 heteroatoms. The SMILES string of the molecule is CN1O[C@@H](CO)Cn2nc3c(c2C1=O)CN(C(=O)c1ccc(Cl)c(Cl)c1)CC3. The summed E-state index contributed by atoms with van der Waals surface area (Å²) >= 11 is 12.0. The summed E-state index contributed by atoms with van der Waals surface area (Å²) in [6.07, 6.45) is -0.0326. The van der Waals surface area contributed by atoms with E-state index >= 15 is 0 Å². The number of carbonyl (C=O) groups excluding carboxylic acids is 2. The molecule has 148 valence electrons. The maximum atomic E-state index is 12.9. The van der Waals surface area contributed by atoms with Crippen molar-refractivity contribution < 1.29 is 19.5 Å². The fourth-order valence-electron chi connectivity index (χ4n) is 3.52. The van der Waals surface area contributed by atoms with E-state index in [0.29, 0.717) is 39.8 Å². The highest BCUT2D eigenvalue weighted by molar-refractivity contribution is 6.42. The highest BCUT2D eigenvalue weighted by atomic mass is 35.5. The minimum Gasteiger partial charge on any atom is -0.393 e. The van der Waals surface area contributed by atoms with Gasteiger partial charge in [-0.2, -0.15) is 5.10 Å². The van der Waals surface area contributed by atoms with Gasteiger partial charge in [0.15, 0.2) is 0 Å². The number of hydrogen-bond acceptors (Lipinski definition) is 5. The average molecular weight is 425 g/mol. The molecule has 0 fully saturated rings. The van der Waals surface area contributed by atoms with Crippen LogP contribution < -0.4 is 0 Å². The Morgan fingerprint density at radius 3 is 2.86 bits per heavy atom. The fourth-order valence-corrected chi connectivity index (χ4v) is 3.82. The molecule has 2 aliphatic heterocycles. The smallest absolute Gasteiger partial charge is 0.295 e. The number of fused-ring (bicyclic) bond motifs is 3. The Balaban J connectivity index is 1.65. The Labute approximate surface area is 171 Å². The number of hydroxylamine groups is 2. The van der Waals surface area contributed by atoms with Crippen LogP contribution in [-0.4, -0.2) is 63.0 Å². The standard InChI is InChI=1S/C18H18Cl2N4O4/c1-22-18(27)16-12-8-23(17(26)10-2-3-13(19)14(20)6-10)5-4-15(12)21-24(16)7-11(9-25)28-22/h2-3,6,11,25H,4-5,7-9H2,1H3/t11-/m1/s1. The van der Waals surface area contributed by atoms with Gasteiger partial charge < -0.3 is 10.0 Å². The molecule has 1 atom stereocenters. The summed E-state index contributed by atoms with van der Waals surface area (Å²) in [6, 6.07) is 4.76. The number of aliphatic hydroxyl groups excluding tert-OH is 1. The third kappa shape index (κ3) is 3.26. The number of halogens is 2. The van der Waals surface area contributed by atoms with Crippen LogP contribution in [0.25, 0.3) is 0 Å². The quantitative estimate of drug-likeness (QED) is 0.793. The third-order valence-corrected chi connectivity index (χ3v) is 5.67. The predicted molar refractivity (Wildman–Crippen MR) is 101 cm³/mol. The normalized spacial score (nSPS) is 19.3. The van der Waals surface area contributed by atoms with E-state index in [4.69, 9.17) is 28.0 Å². The van der Waals surface area contributed by atoms with Gasteiger partial charge >= 0.3 is 0 Å². The zero-order valence-electron chi connectivity index (χ0n) is 15.1. The van der Waals surface area contributed by atoms with Crippen LogP contribution in [0.3, 0.4) is 0 Å². The second-order valence-electron chi connectivity index (χ2n) is 6.77. The molecule has 2 aliphatic rings. The van der Waals surface area contributed by atoms with Gasteiger partial charge in [0, 0.05) is 31.1 Å². The van der Waals surface area contributed by atoms with Crippen LogP contribution in [0.4, 0.5) is 0 Å². The van der Waals surface area contributed by atoms with Gasteiger partial charge in [0.05, 0.1) is 35.4 Å². The van der Waals surface area contributed by atoms with E-state index in [0.717, 1.165) is 10.8 Å². The first kappa shape index (κ1) is 19.2. The van der Waals surface area contributed by atoms with Crippen LogP contribution in [0.1, 0.15) is 32.1 Å². The molecule has 1 aromatic heterocycles. The summed E-state index contributed by atoms with van der Waals surface area (Å²) in [6.45, 7) is 0.763. The lowest BCUT2D eigenvalue weighted by Crippen LogP contribution is -2.37. The molecule has 0 radical (unpaired) electrons. The third-order valence-electron chi connectivity index (χ3n) is 4.93. The highest BCUT2D eigenvalue weighted by Crippen LogP contribution is 2.28. The molecule has 2 amide bonds. The maximum Gasteiger partial charge on any atom is 0.295 e. The van der Waals surface area contributed by atoms with Gasteiger partial charge in [-0.05, 0) is 18.2 Å². The van der Waals surface area contributed by atoms with Crippen molar-refractivity contribution in [3.8, 4) is 0 Å². The molecule has 4 rings (SSSR count). The van der Waals surface area contributed by atoms with Crippen LogP contribution in [0.5, 0.6) is 0 Å². The summed E-state index contributed by atoms with van der Waals surface area (Å²) < 4.78 is 1.57. The van der Waals surface area contributed by atoms with Crippen LogP contribution in [-0.2, 0) is 24.3 Å². The van der Waals surface area contributed by atoms with E-state index in [1.54, 1.807) is 27.8 Å². The lowest BCUT2D eigenvalue weighted by atomic mass is 10.0. The van der Waals surface area contributed by atoms with Crippen molar-refractivity contribution in [2.24, 2.45) is 0 Å². The Kier molecular flexibility index (Phi) is 5.05. The summed E-state index contributed by atoms with van der Waals surface area (Å²) in [7, 11) is 1.50. The summed E-state index contributed by atoms with van der Waals surface area (Å²) in [5, 5.41) is 15.8.